The van der Waals surface area contributed by atoms with E-state index in [0.29, 0.717) is 5.75 Å². The maximum absolute atomic E-state index is 10.1. The van der Waals surface area contributed by atoms with E-state index < -0.39 is 8.25 Å². The lowest BCUT2D eigenvalue weighted by Crippen LogP contribution is -1.79. The maximum Gasteiger partial charge on any atom is 0.747 e. The largest absolute Gasteiger partial charge is 0.747 e. The average molecular weight is 313 g/mol. The molecule has 0 aliphatic heterocycles. The van der Waals surface area contributed by atoms with Crippen molar-refractivity contribution in [2.24, 2.45) is 0 Å². The van der Waals surface area contributed by atoms with Crippen molar-refractivity contribution in [3.63, 3.8) is 0 Å². The molecule has 0 saturated heterocycles. The summed E-state index contributed by atoms with van der Waals surface area (Å²) in [5.74, 6) is 0.408. The third-order valence-corrected chi connectivity index (χ3v) is 3.50. The number of rotatable bonds is 10. The summed E-state index contributed by atoms with van der Waals surface area (Å²) in [4.78, 5) is 8.29. The molecule has 0 aliphatic carbocycles. The van der Waals surface area contributed by atoms with Crippen LogP contribution in [0.4, 0.5) is 0 Å². The van der Waals surface area contributed by atoms with Crippen LogP contribution in [0.1, 0.15) is 71.6 Å². The summed E-state index contributed by atoms with van der Waals surface area (Å²) < 4.78 is 14.6. The zero-order chi connectivity index (χ0) is 15.8. The molecule has 0 aromatic heterocycles. The van der Waals surface area contributed by atoms with Gasteiger partial charge in [-0.3, -0.25) is 0 Å². The van der Waals surface area contributed by atoms with Crippen LogP contribution in [0.5, 0.6) is 5.75 Å². The Hall–Kier alpha value is -0.920. The molecule has 120 valence electrons. The molecule has 0 saturated carbocycles. The number of hydrogen-bond acceptors (Lipinski definition) is 2. The van der Waals surface area contributed by atoms with Crippen LogP contribution in [0.15, 0.2) is 30.3 Å². The smallest absolute Gasteiger partial charge is 0.229 e. The molecule has 1 rings (SSSR count). The van der Waals surface area contributed by atoms with E-state index in [1.807, 2.05) is 0 Å². The molecule has 0 fully saturated rings. The van der Waals surface area contributed by atoms with Gasteiger partial charge in [0.05, 0.1) is 0 Å². The Morgan fingerprint density at radius 1 is 0.857 bits per heavy atom. The van der Waals surface area contributed by atoms with Gasteiger partial charge < -0.3 is 0 Å². The van der Waals surface area contributed by atoms with Gasteiger partial charge in [-0.2, -0.15) is 0 Å². The van der Waals surface area contributed by atoms with Crippen LogP contribution in [0.25, 0.3) is 0 Å². The maximum atomic E-state index is 10.1. The van der Waals surface area contributed by atoms with Gasteiger partial charge in [-0.25, -0.2) is 4.52 Å². The van der Waals surface area contributed by atoms with E-state index in [1.165, 1.54) is 57.8 Å². The normalized spacial score (nSPS) is 10.5. The van der Waals surface area contributed by atoms with Gasteiger partial charge >= 0.3 is 8.25 Å². The molecule has 0 aliphatic rings. The summed E-state index contributed by atoms with van der Waals surface area (Å²) in [6.07, 6.45) is 13.0. The highest BCUT2D eigenvalue weighted by molar-refractivity contribution is 7.32. The highest BCUT2D eigenvalue weighted by atomic mass is 31.1. The Labute approximate surface area is 130 Å². The molecule has 1 atom stereocenters. The number of hydrogen-bond donors (Lipinski definition) is 1. The van der Waals surface area contributed by atoms with Gasteiger partial charge in [0.1, 0.15) is 0 Å². The summed E-state index contributed by atoms with van der Waals surface area (Å²) in [5, 5.41) is 0. The zero-order valence-corrected chi connectivity index (χ0v) is 14.4. The minimum absolute atomic E-state index is 0.408. The van der Waals surface area contributed by atoms with Crippen molar-refractivity contribution in [2.45, 2.75) is 71.6 Å². The monoisotopic (exact) mass is 313 g/mol. The lowest BCUT2D eigenvalue weighted by molar-refractivity contribution is 0.410. The molecule has 0 amide bonds. The molecule has 0 radical (unpaired) electrons. The number of benzene rings is 1. The standard InChI is InChI=1S/C11H24.C6H5O3P/c1-3-5-7-9-11-10-8-6-4-2;7-10(8)9-6-4-2-1-3-5-6/h3-11H2,1-2H3;1-5H/p+1. The SMILES string of the molecule is CCCCCCCCCCC.O=[P+](O)Oc1ccccc1. The summed E-state index contributed by atoms with van der Waals surface area (Å²) in [7, 11) is -2.53. The molecule has 21 heavy (non-hydrogen) atoms. The van der Waals surface area contributed by atoms with E-state index in [2.05, 4.69) is 18.4 Å². The van der Waals surface area contributed by atoms with Gasteiger partial charge in [0, 0.05) is 4.57 Å². The second-order valence-electron chi connectivity index (χ2n) is 5.12. The van der Waals surface area contributed by atoms with Crippen molar-refractivity contribution in [1.82, 2.24) is 0 Å². The first kappa shape index (κ1) is 20.1. The average Bonchev–Trinajstić information content (AvgIpc) is 2.47. The minimum Gasteiger partial charge on any atom is -0.229 e. The first-order chi connectivity index (χ1) is 10.2. The number of para-hydroxylation sites is 1. The van der Waals surface area contributed by atoms with Crippen LogP contribution in [0.2, 0.25) is 0 Å². The van der Waals surface area contributed by atoms with Crippen molar-refractivity contribution in [3.05, 3.63) is 30.3 Å². The van der Waals surface area contributed by atoms with Crippen molar-refractivity contribution < 1.29 is 14.0 Å². The van der Waals surface area contributed by atoms with Crippen LogP contribution in [-0.2, 0) is 4.57 Å². The fraction of sp³-hybridized carbons (Fsp3) is 0.647. The molecular formula is C17H30O3P+. The molecular weight excluding hydrogens is 283 g/mol. The van der Waals surface area contributed by atoms with Crippen LogP contribution in [0.3, 0.4) is 0 Å². The van der Waals surface area contributed by atoms with Crippen molar-refractivity contribution in [3.8, 4) is 5.75 Å². The Morgan fingerprint density at radius 2 is 1.29 bits per heavy atom. The van der Waals surface area contributed by atoms with E-state index >= 15 is 0 Å². The van der Waals surface area contributed by atoms with Gasteiger partial charge in [0.15, 0.2) is 5.75 Å². The van der Waals surface area contributed by atoms with Gasteiger partial charge in [-0.1, -0.05) is 89.8 Å². The summed E-state index contributed by atoms with van der Waals surface area (Å²) in [5.41, 5.74) is 0. The molecule has 1 aromatic carbocycles. The summed E-state index contributed by atoms with van der Waals surface area (Å²) in [6, 6.07) is 8.49. The lowest BCUT2D eigenvalue weighted by atomic mass is 10.1. The van der Waals surface area contributed by atoms with E-state index in [0.717, 1.165) is 0 Å². The lowest BCUT2D eigenvalue weighted by Gasteiger charge is -1.98. The zero-order valence-electron chi connectivity index (χ0n) is 13.5. The van der Waals surface area contributed by atoms with Crippen LogP contribution in [0, 0.1) is 0 Å². The van der Waals surface area contributed by atoms with E-state index in [-0.39, 0.29) is 0 Å². The Morgan fingerprint density at radius 3 is 1.67 bits per heavy atom. The number of unbranched alkanes of at least 4 members (excludes halogenated alkanes) is 8. The molecule has 1 aromatic rings. The Kier molecular flexibility index (Phi) is 14.8. The van der Waals surface area contributed by atoms with Crippen molar-refractivity contribution >= 4 is 8.25 Å². The predicted octanol–water partition coefficient (Wildman–Crippen LogP) is 6.25. The van der Waals surface area contributed by atoms with E-state index in [1.54, 1.807) is 30.3 Å². The second kappa shape index (κ2) is 15.5. The quantitative estimate of drug-likeness (QED) is 0.410. The molecule has 0 spiro atoms. The Balaban J connectivity index is 0.000000382. The van der Waals surface area contributed by atoms with Crippen molar-refractivity contribution in [2.75, 3.05) is 0 Å². The molecule has 4 heteroatoms. The first-order valence-corrected chi connectivity index (χ1v) is 9.22. The van der Waals surface area contributed by atoms with E-state index in [9.17, 15) is 4.57 Å². The van der Waals surface area contributed by atoms with Gasteiger partial charge in [0.25, 0.3) is 0 Å². The topological polar surface area (TPSA) is 46.5 Å². The molecule has 0 bridgehead atoms. The minimum atomic E-state index is -2.53. The van der Waals surface area contributed by atoms with Gasteiger partial charge in [0.2, 0.25) is 0 Å². The first-order valence-electron chi connectivity index (χ1n) is 8.09. The van der Waals surface area contributed by atoms with Crippen molar-refractivity contribution in [1.29, 1.82) is 0 Å². The molecule has 1 N–H and O–H groups in total. The fourth-order valence-electron chi connectivity index (χ4n) is 1.96. The van der Waals surface area contributed by atoms with Gasteiger partial charge in [-0.15, -0.1) is 4.89 Å². The van der Waals surface area contributed by atoms with Gasteiger partial charge in [-0.05, 0) is 12.1 Å². The van der Waals surface area contributed by atoms with Crippen LogP contribution >= 0.6 is 8.25 Å². The summed E-state index contributed by atoms with van der Waals surface area (Å²) >= 11 is 0. The molecule has 0 heterocycles. The summed E-state index contributed by atoms with van der Waals surface area (Å²) in [6.45, 7) is 4.55. The van der Waals surface area contributed by atoms with Crippen LogP contribution in [-0.4, -0.2) is 4.89 Å². The third-order valence-electron chi connectivity index (χ3n) is 3.13. The second-order valence-corrected chi connectivity index (χ2v) is 5.78. The molecule has 1 unspecified atom stereocenters. The fourth-order valence-corrected chi connectivity index (χ4v) is 2.26. The highest BCUT2D eigenvalue weighted by Gasteiger charge is 2.12. The molecule has 3 nitrogen and oxygen atoms in total. The highest BCUT2D eigenvalue weighted by Crippen LogP contribution is 2.21. The Bertz CT molecular complexity index is 333. The van der Waals surface area contributed by atoms with Crippen LogP contribution < -0.4 is 4.52 Å². The third kappa shape index (κ3) is 15.3. The van der Waals surface area contributed by atoms with E-state index in [4.69, 9.17) is 4.89 Å². The predicted molar refractivity (Wildman–Crippen MR) is 89.8 cm³/mol.